The van der Waals surface area contributed by atoms with Gasteiger partial charge in [0.2, 0.25) is 5.91 Å². The van der Waals surface area contributed by atoms with Crippen molar-refractivity contribution in [2.45, 2.75) is 19.4 Å². The lowest BCUT2D eigenvalue weighted by atomic mass is 10.2. The van der Waals surface area contributed by atoms with Crippen molar-refractivity contribution in [2.75, 3.05) is 38.7 Å². The summed E-state index contributed by atoms with van der Waals surface area (Å²) in [5.74, 6) is 2.08. The number of nitrogens with one attached hydrogen (secondary N) is 2. The van der Waals surface area contributed by atoms with Crippen LogP contribution in [0.1, 0.15) is 12.5 Å². The number of benzene rings is 2. The summed E-state index contributed by atoms with van der Waals surface area (Å²) in [6.45, 7) is 3.40. The topological polar surface area (TPSA) is 75.2 Å². The number of methoxy groups -OCH3 is 1. The van der Waals surface area contributed by atoms with Gasteiger partial charge in [-0.1, -0.05) is 24.3 Å². The van der Waals surface area contributed by atoms with E-state index in [0.29, 0.717) is 12.5 Å². The summed E-state index contributed by atoms with van der Waals surface area (Å²) in [4.78, 5) is 18.6. The molecule has 1 atom stereocenters. The first kappa shape index (κ1) is 23.8. The molecule has 162 valence electrons. The highest BCUT2D eigenvalue weighted by atomic mass is 127. The number of guanidine groups is 1. The summed E-state index contributed by atoms with van der Waals surface area (Å²) in [5, 5.41) is 6.28. The van der Waals surface area contributed by atoms with Crippen molar-refractivity contribution >= 4 is 41.5 Å². The Hall–Kier alpha value is -2.49. The van der Waals surface area contributed by atoms with Gasteiger partial charge in [0, 0.05) is 25.3 Å². The highest BCUT2D eigenvalue weighted by molar-refractivity contribution is 14.0. The number of hydrogen-bond acceptors (Lipinski definition) is 4. The van der Waals surface area contributed by atoms with Crippen LogP contribution in [0.15, 0.2) is 53.5 Å². The van der Waals surface area contributed by atoms with Crippen molar-refractivity contribution in [3.8, 4) is 11.5 Å². The van der Waals surface area contributed by atoms with Crippen LogP contribution in [0.4, 0.5) is 5.69 Å². The second-order valence-corrected chi connectivity index (χ2v) is 6.84. The standard InChI is InChI=1S/C22H28N4O3.HI/c1-16(29-19-9-6-8-18(13-19)28-3)14-24-22(23-2)25-15-21(27)26-12-11-17-7-4-5-10-20(17)26;/h4-10,13,16H,11-12,14-15H2,1-3H3,(H2,23,24,25);1H. The lowest BCUT2D eigenvalue weighted by Crippen LogP contribution is -2.46. The van der Waals surface area contributed by atoms with Gasteiger partial charge in [0.1, 0.15) is 17.6 Å². The number of nitrogens with zero attached hydrogens (tertiary/aromatic N) is 2. The molecule has 0 saturated carbocycles. The zero-order chi connectivity index (χ0) is 20.6. The number of aliphatic imine (C=N–C) groups is 1. The van der Waals surface area contributed by atoms with Gasteiger partial charge in [-0.25, -0.2) is 0 Å². The first-order valence-corrected chi connectivity index (χ1v) is 9.74. The van der Waals surface area contributed by atoms with Gasteiger partial charge in [-0.05, 0) is 37.1 Å². The minimum absolute atomic E-state index is 0. The third-order valence-electron chi connectivity index (χ3n) is 4.75. The Kier molecular flexibility index (Phi) is 9.22. The van der Waals surface area contributed by atoms with Crippen molar-refractivity contribution in [3.63, 3.8) is 0 Å². The number of ether oxygens (including phenoxy) is 2. The number of fused-ring (bicyclic) bond motifs is 1. The van der Waals surface area contributed by atoms with Crippen LogP contribution < -0.4 is 25.0 Å². The van der Waals surface area contributed by atoms with Crippen LogP contribution in [0, 0.1) is 0 Å². The van der Waals surface area contributed by atoms with E-state index in [-0.39, 0.29) is 42.5 Å². The predicted molar refractivity (Wildman–Crippen MR) is 130 cm³/mol. The Morgan fingerprint density at radius 3 is 2.70 bits per heavy atom. The molecular weight excluding hydrogens is 495 g/mol. The monoisotopic (exact) mass is 524 g/mol. The fraction of sp³-hybridized carbons (Fsp3) is 0.364. The Bertz CT molecular complexity index is 875. The number of amides is 1. The SMILES string of the molecule is CN=C(NCC(=O)N1CCc2ccccc21)NCC(C)Oc1cccc(OC)c1.I. The summed E-state index contributed by atoms with van der Waals surface area (Å²) >= 11 is 0. The molecule has 1 aliphatic rings. The van der Waals surface area contributed by atoms with E-state index in [9.17, 15) is 4.79 Å². The molecule has 0 spiro atoms. The van der Waals surface area contributed by atoms with Gasteiger partial charge in [-0.15, -0.1) is 24.0 Å². The lowest BCUT2D eigenvalue weighted by molar-refractivity contribution is -0.117. The number of anilines is 1. The maximum atomic E-state index is 12.6. The minimum Gasteiger partial charge on any atom is -0.497 e. The summed E-state index contributed by atoms with van der Waals surface area (Å²) in [6, 6.07) is 15.5. The molecule has 1 heterocycles. The molecule has 1 amide bonds. The highest BCUT2D eigenvalue weighted by Gasteiger charge is 2.23. The van der Waals surface area contributed by atoms with Crippen LogP contribution in [0.25, 0.3) is 0 Å². The second kappa shape index (κ2) is 11.6. The van der Waals surface area contributed by atoms with Gasteiger partial charge >= 0.3 is 0 Å². The van der Waals surface area contributed by atoms with E-state index in [1.54, 1.807) is 14.2 Å². The van der Waals surface area contributed by atoms with E-state index in [1.807, 2.05) is 54.3 Å². The average molecular weight is 524 g/mol. The molecule has 0 aliphatic carbocycles. The maximum absolute atomic E-state index is 12.6. The Balaban J connectivity index is 0.00000320. The van der Waals surface area contributed by atoms with Crippen molar-refractivity contribution in [1.82, 2.24) is 10.6 Å². The van der Waals surface area contributed by atoms with Gasteiger partial charge in [-0.3, -0.25) is 9.79 Å². The Morgan fingerprint density at radius 1 is 1.17 bits per heavy atom. The first-order chi connectivity index (χ1) is 14.1. The normalized spacial score (nSPS) is 13.7. The zero-order valence-corrected chi connectivity index (χ0v) is 19.9. The zero-order valence-electron chi connectivity index (χ0n) is 17.6. The van der Waals surface area contributed by atoms with E-state index in [0.717, 1.165) is 30.2 Å². The van der Waals surface area contributed by atoms with Crippen molar-refractivity contribution in [3.05, 3.63) is 54.1 Å². The highest BCUT2D eigenvalue weighted by Crippen LogP contribution is 2.27. The summed E-state index contributed by atoms with van der Waals surface area (Å²) in [6.07, 6.45) is 0.801. The fourth-order valence-electron chi connectivity index (χ4n) is 3.26. The van der Waals surface area contributed by atoms with Gasteiger partial charge in [0.25, 0.3) is 0 Å². The van der Waals surface area contributed by atoms with Crippen LogP contribution >= 0.6 is 24.0 Å². The summed E-state index contributed by atoms with van der Waals surface area (Å²) in [5.41, 5.74) is 2.22. The third-order valence-corrected chi connectivity index (χ3v) is 4.75. The number of halogens is 1. The summed E-state index contributed by atoms with van der Waals surface area (Å²) in [7, 11) is 3.31. The van der Waals surface area contributed by atoms with E-state index >= 15 is 0 Å². The molecule has 0 radical (unpaired) electrons. The molecule has 0 aromatic heterocycles. The fourth-order valence-corrected chi connectivity index (χ4v) is 3.26. The molecule has 3 rings (SSSR count). The largest absolute Gasteiger partial charge is 0.497 e. The molecule has 30 heavy (non-hydrogen) atoms. The third kappa shape index (κ3) is 6.25. The van der Waals surface area contributed by atoms with E-state index < -0.39 is 0 Å². The van der Waals surface area contributed by atoms with Gasteiger partial charge in [0.15, 0.2) is 5.96 Å². The van der Waals surface area contributed by atoms with Crippen LogP contribution in [0.3, 0.4) is 0 Å². The van der Waals surface area contributed by atoms with E-state index in [4.69, 9.17) is 9.47 Å². The van der Waals surface area contributed by atoms with Crippen molar-refractivity contribution < 1.29 is 14.3 Å². The molecule has 0 saturated heterocycles. The number of carbonyl (C=O) groups is 1. The van der Waals surface area contributed by atoms with Crippen LogP contribution in [0.2, 0.25) is 0 Å². The Morgan fingerprint density at radius 2 is 1.93 bits per heavy atom. The van der Waals surface area contributed by atoms with Gasteiger partial charge in [0.05, 0.1) is 20.2 Å². The predicted octanol–water partition coefficient (Wildman–Crippen LogP) is 2.83. The van der Waals surface area contributed by atoms with Crippen molar-refractivity contribution in [1.29, 1.82) is 0 Å². The van der Waals surface area contributed by atoms with E-state index in [1.165, 1.54) is 5.56 Å². The smallest absolute Gasteiger partial charge is 0.246 e. The molecular formula is C22H29IN4O3. The minimum atomic E-state index is -0.0955. The molecule has 2 aromatic rings. The maximum Gasteiger partial charge on any atom is 0.246 e. The first-order valence-electron chi connectivity index (χ1n) is 9.74. The lowest BCUT2D eigenvalue weighted by Gasteiger charge is -2.20. The average Bonchev–Trinajstić information content (AvgIpc) is 3.18. The van der Waals surface area contributed by atoms with Gasteiger partial charge in [-0.2, -0.15) is 0 Å². The molecule has 0 bridgehead atoms. The number of carbonyl (C=O) groups excluding carboxylic acids is 1. The number of para-hydroxylation sites is 1. The Labute approximate surface area is 194 Å². The van der Waals surface area contributed by atoms with Crippen LogP contribution in [0.5, 0.6) is 11.5 Å². The quantitative estimate of drug-likeness (QED) is 0.331. The molecule has 2 aromatic carbocycles. The molecule has 2 N–H and O–H groups in total. The van der Waals surface area contributed by atoms with E-state index in [2.05, 4.69) is 21.7 Å². The molecule has 7 nitrogen and oxygen atoms in total. The number of hydrogen-bond donors (Lipinski definition) is 2. The second-order valence-electron chi connectivity index (χ2n) is 6.84. The van der Waals surface area contributed by atoms with Gasteiger partial charge < -0.3 is 25.0 Å². The molecule has 1 aliphatic heterocycles. The molecule has 8 heteroatoms. The molecule has 1 unspecified atom stereocenters. The van der Waals surface area contributed by atoms with Crippen molar-refractivity contribution in [2.24, 2.45) is 4.99 Å². The van der Waals surface area contributed by atoms with Crippen LogP contribution in [-0.2, 0) is 11.2 Å². The number of rotatable bonds is 7. The summed E-state index contributed by atoms with van der Waals surface area (Å²) < 4.78 is 11.1. The molecule has 0 fully saturated rings. The van der Waals surface area contributed by atoms with Crippen LogP contribution in [-0.4, -0.2) is 51.8 Å².